The van der Waals surface area contributed by atoms with Gasteiger partial charge in [0, 0.05) is 31.3 Å². The summed E-state index contributed by atoms with van der Waals surface area (Å²) in [6.45, 7) is 0.439. The van der Waals surface area contributed by atoms with Crippen LogP contribution in [0.15, 0.2) is 50.9 Å². The molecule has 1 aromatic heterocycles. The Hall–Kier alpha value is -1.86. The van der Waals surface area contributed by atoms with Gasteiger partial charge in [-0.05, 0) is 36.8 Å². The van der Waals surface area contributed by atoms with Gasteiger partial charge in [-0.25, -0.2) is 21.6 Å². The molecular formula is C17H21N3O6S3. The second kappa shape index (κ2) is 8.88. The second-order valence-electron chi connectivity index (χ2n) is 6.64. The van der Waals surface area contributed by atoms with Crippen molar-refractivity contribution in [2.45, 2.75) is 40.8 Å². The number of sulfonamides is 2. The molecule has 2 heterocycles. The molecule has 1 N–H and O–H groups in total. The summed E-state index contributed by atoms with van der Waals surface area (Å²) in [5.41, 5.74) is -0.312. The molecule has 2 aromatic rings. The van der Waals surface area contributed by atoms with E-state index in [4.69, 9.17) is 0 Å². The first-order chi connectivity index (χ1) is 13.7. The normalized spacial score (nSPS) is 18.6. The smallest absolute Gasteiger partial charge is 0.258 e. The Morgan fingerprint density at radius 1 is 1.17 bits per heavy atom. The number of hydrogen-bond donors (Lipinski definition) is 1. The third-order valence-corrected chi connectivity index (χ3v) is 9.52. The van der Waals surface area contributed by atoms with E-state index >= 15 is 0 Å². The van der Waals surface area contributed by atoms with E-state index in [1.165, 1.54) is 22.5 Å². The average Bonchev–Trinajstić information content (AvgIpc) is 3.24. The summed E-state index contributed by atoms with van der Waals surface area (Å²) in [7, 11) is -7.54. The number of hydrogen-bond acceptors (Lipinski definition) is 7. The first kappa shape index (κ1) is 21.8. The molecule has 29 heavy (non-hydrogen) atoms. The lowest BCUT2D eigenvalue weighted by molar-refractivity contribution is -0.385. The number of non-ortho nitro benzene ring substituents is 1. The summed E-state index contributed by atoms with van der Waals surface area (Å²) in [5, 5.41) is 12.6. The lowest BCUT2D eigenvalue weighted by Crippen LogP contribution is -2.44. The SMILES string of the molecule is O=[N+]([O-])c1cccc(S(=O)(=O)NCCC2CCCCN2S(=O)(=O)c2cccs2)c1. The van der Waals surface area contributed by atoms with Gasteiger partial charge in [-0.2, -0.15) is 4.31 Å². The van der Waals surface area contributed by atoms with Crippen LogP contribution < -0.4 is 4.72 Å². The number of nitrogens with zero attached hydrogens (tertiary/aromatic N) is 2. The zero-order valence-electron chi connectivity index (χ0n) is 15.4. The largest absolute Gasteiger partial charge is 0.270 e. The lowest BCUT2D eigenvalue weighted by atomic mass is 10.0. The van der Waals surface area contributed by atoms with Crippen molar-refractivity contribution in [3.05, 3.63) is 51.9 Å². The summed E-state index contributed by atoms with van der Waals surface area (Å²) in [6.07, 6.45) is 2.61. The van der Waals surface area contributed by atoms with E-state index in [1.54, 1.807) is 17.5 Å². The molecule has 12 heteroatoms. The average molecular weight is 460 g/mol. The molecule has 9 nitrogen and oxygen atoms in total. The maximum Gasteiger partial charge on any atom is 0.270 e. The molecule has 158 valence electrons. The molecule has 1 aliphatic rings. The molecule has 1 unspecified atom stereocenters. The van der Waals surface area contributed by atoms with Gasteiger partial charge in [-0.15, -0.1) is 11.3 Å². The molecule has 0 radical (unpaired) electrons. The number of nitro benzene ring substituents is 1. The molecule has 0 aliphatic carbocycles. The Bertz CT molecular complexity index is 1070. The van der Waals surface area contributed by atoms with Crippen LogP contribution in [0.4, 0.5) is 5.69 Å². The summed E-state index contributed by atoms with van der Waals surface area (Å²) in [4.78, 5) is 10.0. The van der Waals surface area contributed by atoms with Crippen molar-refractivity contribution in [3.63, 3.8) is 0 Å². The monoisotopic (exact) mass is 459 g/mol. The number of piperidine rings is 1. The number of thiophene rings is 1. The van der Waals surface area contributed by atoms with Crippen molar-refractivity contribution in [1.29, 1.82) is 0 Å². The van der Waals surface area contributed by atoms with Gasteiger partial charge < -0.3 is 0 Å². The van der Waals surface area contributed by atoms with E-state index in [-0.39, 0.29) is 27.4 Å². The van der Waals surface area contributed by atoms with Crippen LogP contribution in [0.25, 0.3) is 0 Å². The van der Waals surface area contributed by atoms with Gasteiger partial charge >= 0.3 is 0 Å². The van der Waals surface area contributed by atoms with Gasteiger partial charge in [0.2, 0.25) is 10.0 Å². The molecule has 3 rings (SSSR count). The highest BCUT2D eigenvalue weighted by atomic mass is 32.2. The topological polar surface area (TPSA) is 127 Å². The first-order valence-electron chi connectivity index (χ1n) is 9.01. The fraction of sp³-hybridized carbons (Fsp3) is 0.412. The van der Waals surface area contributed by atoms with Crippen molar-refractivity contribution >= 4 is 37.1 Å². The van der Waals surface area contributed by atoms with Gasteiger partial charge in [0.05, 0.1) is 9.82 Å². The fourth-order valence-corrected chi connectivity index (χ4v) is 7.24. The molecular weight excluding hydrogens is 438 g/mol. The third kappa shape index (κ3) is 5.01. The molecule has 1 saturated heterocycles. The van der Waals surface area contributed by atoms with Gasteiger partial charge in [0.1, 0.15) is 4.21 Å². The van der Waals surface area contributed by atoms with Crippen LogP contribution in [0.2, 0.25) is 0 Å². The Morgan fingerprint density at radius 2 is 1.97 bits per heavy atom. The van der Waals surface area contributed by atoms with Gasteiger partial charge in [-0.3, -0.25) is 10.1 Å². The van der Waals surface area contributed by atoms with Crippen molar-refractivity contribution in [2.75, 3.05) is 13.1 Å². The van der Waals surface area contributed by atoms with Crippen LogP contribution >= 0.6 is 11.3 Å². The van der Waals surface area contributed by atoms with Crippen LogP contribution in [0.3, 0.4) is 0 Å². The van der Waals surface area contributed by atoms with E-state index in [1.807, 2.05) is 0 Å². The van der Waals surface area contributed by atoms with E-state index < -0.39 is 25.0 Å². The van der Waals surface area contributed by atoms with Crippen LogP contribution in [0, 0.1) is 10.1 Å². The zero-order chi connectivity index (χ0) is 21.1. The number of benzene rings is 1. The van der Waals surface area contributed by atoms with Crippen molar-refractivity contribution in [1.82, 2.24) is 9.03 Å². The highest BCUT2D eigenvalue weighted by Crippen LogP contribution is 2.29. The lowest BCUT2D eigenvalue weighted by Gasteiger charge is -2.34. The minimum atomic E-state index is -3.93. The van der Waals surface area contributed by atoms with Gasteiger partial charge in [-0.1, -0.05) is 18.6 Å². The highest BCUT2D eigenvalue weighted by Gasteiger charge is 2.34. The molecule has 0 spiro atoms. The molecule has 1 fully saturated rings. The van der Waals surface area contributed by atoms with Crippen molar-refractivity contribution in [2.24, 2.45) is 0 Å². The summed E-state index contributed by atoms with van der Waals surface area (Å²) < 4.78 is 54.8. The van der Waals surface area contributed by atoms with Crippen molar-refractivity contribution < 1.29 is 21.8 Å². The van der Waals surface area contributed by atoms with E-state index in [2.05, 4.69) is 4.72 Å². The Balaban J connectivity index is 1.68. The number of rotatable bonds is 8. The van der Waals surface area contributed by atoms with Crippen molar-refractivity contribution in [3.8, 4) is 0 Å². The second-order valence-corrected chi connectivity index (χ2v) is 11.5. The minimum Gasteiger partial charge on any atom is -0.258 e. The van der Waals surface area contributed by atoms with E-state index in [0.29, 0.717) is 19.4 Å². The van der Waals surface area contributed by atoms with Crippen LogP contribution in [0.1, 0.15) is 25.7 Å². The summed E-state index contributed by atoms with van der Waals surface area (Å²) in [5.74, 6) is 0. The highest BCUT2D eigenvalue weighted by molar-refractivity contribution is 7.91. The van der Waals surface area contributed by atoms with Gasteiger partial charge in [0.25, 0.3) is 15.7 Å². The molecule has 0 bridgehead atoms. The Kier molecular flexibility index (Phi) is 6.69. The Labute approximate surface area is 173 Å². The summed E-state index contributed by atoms with van der Waals surface area (Å²) in [6, 6.07) is 7.75. The van der Waals surface area contributed by atoms with Gasteiger partial charge in [0.15, 0.2) is 0 Å². The van der Waals surface area contributed by atoms with Crippen LogP contribution in [0.5, 0.6) is 0 Å². The van der Waals surface area contributed by atoms with Crippen LogP contribution in [-0.4, -0.2) is 45.2 Å². The van der Waals surface area contributed by atoms with E-state index in [0.717, 1.165) is 30.2 Å². The maximum atomic E-state index is 12.9. The Morgan fingerprint density at radius 3 is 2.66 bits per heavy atom. The first-order valence-corrected chi connectivity index (χ1v) is 12.8. The van der Waals surface area contributed by atoms with Crippen LogP contribution in [-0.2, 0) is 20.0 Å². The number of nitrogens with one attached hydrogen (secondary N) is 1. The number of nitro groups is 1. The minimum absolute atomic E-state index is 0.0339. The molecule has 0 amide bonds. The molecule has 1 aliphatic heterocycles. The fourth-order valence-electron chi connectivity index (χ4n) is 3.31. The molecule has 1 atom stereocenters. The molecule has 0 saturated carbocycles. The maximum absolute atomic E-state index is 12.9. The zero-order valence-corrected chi connectivity index (χ0v) is 17.9. The van der Waals surface area contributed by atoms with E-state index in [9.17, 15) is 26.9 Å². The summed E-state index contributed by atoms with van der Waals surface area (Å²) >= 11 is 1.16. The predicted octanol–water partition coefficient (Wildman–Crippen LogP) is 2.57. The third-order valence-electron chi connectivity index (χ3n) is 4.74. The quantitative estimate of drug-likeness (QED) is 0.477. The molecule has 1 aromatic carbocycles. The predicted molar refractivity (Wildman–Crippen MR) is 109 cm³/mol. The standard InChI is InChI=1S/C17H21N3O6S3/c21-20(22)15-6-3-7-16(13-15)28(23,24)18-10-9-14-5-1-2-11-19(14)29(25,26)17-8-4-12-27-17/h3-4,6-8,12-14,18H,1-2,5,9-11H2.